The highest BCUT2D eigenvalue weighted by Gasteiger charge is 2.38. The number of alkyl halides is 3. The molecular weight excluding hydrogens is 529 g/mol. The number of carbonyl (C=O) groups excluding carboxylic acids is 2. The Morgan fingerprint density at radius 2 is 1.58 bits per heavy atom. The third-order valence-corrected chi connectivity index (χ3v) is 6.62. The summed E-state index contributed by atoms with van der Waals surface area (Å²) in [6, 6.07) is 14.3. The van der Waals surface area contributed by atoms with Crippen LogP contribution in [0.3, 0.4) is 0 Å². The van der Waals surface area contributed by atoms with Crippen LogP contribution in [0, 0.1) is 0 Å². The number of anilines is 1. The number of aliphatic hydroxyl groups excluding tert-OH is 1. The van der Waals surface area contributed by atoms with Crippen molar-refractivity contribution < 1.29 is 37.8 Å². The normalized spacial score (nSPS) is 20.0. The molecule has 2 saturated heterocycles. The van der Waals surface area contributed by atoms with Crippen LogP contribution < -0.4 is 16.0 Å². The van der Waals surface area contributed by atoms with Gasteiger partial charge < -0.3 is 31.1 Å². The molecule has 0 bridgehead atoms. The summed E-state index contributed by atoms with van der Waals surface area (Å²) in [5.74, 6) is -3.21. The molecule has 38 heavy (non-hydrogen) atoms. The first-order valence-electron chi connectivity index (χ1n) is 11.8. The van der Waals surface area contributed by atoms with E-state index in [0.717, 1.165) is 18.5 Å². The fourth-order valence-corrected chi connectivity index (χ4v) is 4.56. The standard InChI is InChI=1S/C23H27ClN4O3.C2HF3O2/c24-16-7-5-15(6-8-16)23(31)27-11-9-17(10-12-27)26-19-13-28(14-21(19)29)20-4-2-1-3-18(20)22(25)30;3-2(4,5)1(6)7/h1-8,17,19,21,26,29H,9-14H2,(H2,25,30);(H,6,7). The number of carboxylic acids is 1. The SMILES string of the molecule is NC(=O)c1ccccc1N1CC(O)C(NC2CCN(C(=O)c3ccc(Cl)cc3)CC2)C1.O=C(O)C(F)(F)F. The van der Waals surface area contributed by atoms with Gasteiger partial charge in [0.05, 0.1) is 17.7 Å². The number of aliphatic hydroxyl groups is 1. The number of nitrogens with two attached hydrogens (primary N) is 1. The lowest BCUT2D eigenvalue weighted by molar-refractivity contribution is -0.192. The zero-order valence-corrected chi connectivity index (χ0v) is 21.0. The minimum Gasteiger partial charge on any atom is -0.475 e. The average molecular weight is 557 g/mol. The van der Waals surface area contributed by atoms with Crippen molar-refractivity contribution in [1.29, 1.82) is 0 Å². The number of nitrogens with one attached hydrogen (secondary N) is 1. The molecule has 9 nitrogen and oxygen atoms in total. The summed E-state index contributed by atoms with van der Waals surface area (Å²) in [6.45, 7) is 2.36. The van der Waals surface area contributed by atoms with Gasteiger partial charge in [0.1, 0.15) is 0 Å². The number of amides is 2. The molecule has 13 heteroatoms. The van der Waals surface area contributed by atoms with Crippen LogP contribution in [-0.2, 0) is 4.79 Å². The van der Waals surface area contributed by atoms with Crippen LogP contribution in [0.5, 0.6) is 0 Å². The first-order chi connectivity index (χ1) is 17.9. The minimum absolute atomic E-state index is 0.0188. The molecule has 2 unspecified atom stereocenters. The number of β-amino-alcohol motifs (C(OH)–C–C–N with tert-alkyl or cyclic N) is 1. The zero-order valence-electron chi connectivity index (χ0n) is 20.2. The van der Waals surface area contributed by atoms with Crippen molar-refractivity contribution in [1.82, 2.24) is 10.2 Å². The maximum Gasteiger partial charge on any atom is 0.490 e. The van der Waals surface area contributed by atoms with E-state index in [2.05, 4.69) is 5.32 Å². The Bertz CT molecular complexity index is 1140. The lowest BCUT2D eigenvalue weighted by atomic mass is 10.0. The van der Waals surface area contributed by atoms with Gasteiger partial charge in [-0.3, -0.25) is 9.59 Å². The first-order valence-corrected chi connectivity index (χ1v) is 12.2. The second-order valence-electron chi connectivity index (χ2n) is 9.00. The van der Waals surface area contributed by atoms with Crippen molar-refractivity contribution in [2.75, 3.05) is 31.1 Å². The van der Waals surface area contributed by atoms with E-state index in [4.69, 9.17) is 27.2 Å². The van der Waals surface area contributed by atoms with Gasteiger partial charge in [-0.05, 0) is 49.2 Å². The molecule has 4 rings (SSSR count). The molecule has 2 aromatic rings. The number of nitrogens with zero attached hydrogens (tertiary/aromatic N) is 2. The number of piperidine rings is 1. The third-order valence-electron chi connectivity index (χ3n) is 6.36. The van der Waals surface area contributed by atoms with Crippen LogP contribution in [0.2, 0.25) is 5.02 Å². The number of para-hydroxylation sites is 1. The largest absolute Gasteiger partial charge is 0.490 e. The van der Waals surface area contributed by atoms with Gasteiger partial charge in [-0.15, -0.1) is 0 Å². The van der Waals surface area contributed by atoms with E-state index >= 15 is 0 Å². The molecule has 2 aliphatic rings. The molecule has 0 aromatic heterocycles. The number of carbonyl (C=O) groups is 3. The molecule has 2 atom stereocenters. The molecule has 2 fully saturated rings. The van der Waals surface area contributed by atoms with Gasteiger partial charge >= 0.3 is 12.1 Å². The van der Waals surface area contributed by atoms with Crippen molar-refractivity contribution in [3.8, 4) is 0 Å². The second-order valence-corrected chi connectivity index (χ2v) is 9.44. The summed E-state index contributed by atoms with van der Waals surface area (Å²) in [7, 11) is 0. The number of likely N-dealkylation sites (tertiary alicyclic amines) is 1. The maximum atomic E-state index is 12.7. The number of rotatable bonds is 5. The number of benzene rings is 2. The molecule has 206 valence electrons. The lowest BCUT2D eigenvalue weighted by Crippen LogP contribution is -2.50. The summed E-state index contributed by atoms with van der Waals surface area (Å²) in [4.78, 5) is 37.2. The van der Waals surface area contributed by atoms with Crippen molar-refractivity contribution in [3.63, 3.8) is 0 Å². The van der Waals surface area contributed by atoms with Gasteiger partial charge in [0.25, 0.3) is 11.8 Å². The molecular formula is C25H28ClF3N4O5. The number of hydrogen-bond acceptors (Lipinski definition) is 6. The summed E-state index contributed by atoms with van der Waals surface area (Å²) >= 11 is 5.91. The highest BCUT2D eigenvalue weighted by molar-refractivity contribution is 6.30. The Morgan fingerprint density at radius 1 is 1.00 bits per heavy atom. The van der Waals surface area contributed by atoms with E-state index in [1.165, 1.54) is 0 Å². The van der Waals surface area contributed by atoms with Crippen molar-refractivity contribution in [2.45, 2.75) is 37.2 Å². The molecule has 2 aromatic carbocycles. The Labute approximate surface area is 222 Å². The fraction of sp³-hybridized carbons (Fsp3) is 0.400. The Hall–Kier alpha value is -3.35. The first kappa shape index (κ1) is 29.2. The summed E-state index contributed by atoms with van der Waals surface area (Å²) in [6.07, 6.45) is -3.99. The predicted molar refractivity (Wildman–Crippen MR) is 134 cm³/mol. The molecule has 2 heterocycles. The average Bonchev–Trinajstić information content (AvgIpc) is 3.24. The van der Waals surface area contributed by atoms with E-state index < -0.39 is 24.2 Å². The van der Waals surface area contributed by atoms with E-state index in [9.17, 15) is 27.9 Å². The summed E-state index contributed by atoms with van der Waals surface area (Å²) in [5.41, 5.74) is 7.36. The van der Waals surface area contributed by atoms with E-state index in [0.29, 0.717) is 42.3 Å². The fourth-order valence-electron chi connectivity index (χ4n) is 4.43. The second kappa shape index (κ2) is 12.5. The van der Waals surface area contributed by atoms with Gasteiger partial charge in [0.2, 0.25) is 0 Å². The maximum absolute atomic E-state index is 12.7. The molecule has 0 radical (unpaired) electrons. The number of halogens is 4. The van der Waals surface area contributed by atoms with E-state index in [1.54, 1.807) is 36.4 Å². The molecule has 2 amide bonds. The van der Waals surface area contributed by atoms with Gasteiger partial charge in [0.15, 0.2) is 0 Å². The number of primary amides is 1. The monoisotopic (exact) mass is 556 g/mol. The van der Waals surface area contributed by atoms with Crippen LogP contribution in [-0.4, -0.2) is 83.4 Å². The topological polar surface area (TPSA) is 136 Å². The summed E-state index contributed by atoms with van der Waals surface area (Å²) in [5, 5.41) is 21.9. The van der Waals surface area contributed by atoms with Crippen LogP contribution in [0.25, 0.3) is 0 Å². The highest BCUT2D eigenvalue weighted by Crippen LogP contribution is 2.26. The quantitative estimate of drug-likeness (QED) is 0.444. The van der Waals surface area contributed by atoms with Gasteiger partial charge in [-0.25, -0.2) is 4.79 Å². The van der Waals surface area contributed by atoms with Gasteiger partial charge in [0, 0.05) is 48.5 Å². The van der Waals surface area contributed by atoms with Crippen molar-refractivity contribution in [3.05, 3.63) is 64.7 Å². The van der Waals surface area contributed by atoms with Crippen LogP contribution in [0.15, 0.2) is 48.5 Å². The van der Waals surface area contributed by atoms with Crippen LogP contribution in [0.1, 0.15) is 33.6 Å². The Morgan fingerprint density at radius 3 is 2.13 bits per heavy atom. The van der Waals surface area contributed by atoms with Crippen molar-refractivity contribution >= 4 is 35.1 Å². The molecule has 2 aliphatic heterocycles. The highest BCUT2D eigenvalue weighted by atomic mass is 35.5. The molecule has 5 N–H and O–H groups in total. The number of hydrogen-bond donors (Lipinski definition) is 4. The third kappa shape index (κ3) is 7.59. The Balaban J connectivity index is 0.000000505. The minimum atomic E-state index is -5.08. The van der Waals surface area contributed by atoms with Crippen LogP contribution in [0.4, 0.5) is 18.9 Å². The summed E-state index contributed by atoms with van der Waals surface area (Å²) < 4.78 is 31.7. The van der Waals surface area contributed by atoms with Crippen molar-refractivity contribution in [2.24, 2.45) is 5.73 Å². The van der Waals surface area contributed by atoms with Gasteiger partial charge in [-0.1, -0.05) is 23.7 Å². The number of aliphatic carboxylic acids is 1. The van der Waals surface area contributed by atoms with E-state index in [-0.39, 0.29) is 18.0 Å². The van der Waals surface area contributed by atoms with Gasteiger partial charge in [-0.2, -0.15) is 13.2 Å². The van der Waals surface area contributed by atoms with Crippen LogP contribution >= 0.6 is 11.6 Å². The molecule has 0 saturated carbocycles. The number of carboxylic acid groups (broad SMARTS) is 1. The van der Waals surface area contributed by atoms with E-state index in [1.807, 2.05) is 21.9 Å². The zero-order chi connectivity index (χ0) is 28.0. The molecule has 0 aliphatic carbocycles. The lowest BCUT2D eigenvalue weighted by Gasteiger charge is -2.34. The molecule has 0 spiro atoms. The smallest absolute Gasteiger partial charge is 0.475 e. The predicted octanol–water partition coefficient (Wildman–Crippen LogP) is 2.52. The Kier molecular flexibility index (Phi) is 9.58.